The van der Waals surface area contributed by atoms with E-state index in [9.17, 15) is 9.59 Å². The molecule has 0 saturated carbocycles. The maximum atomic E-state index is 12.8. The number of rotatable bonds is 4. The minimum Gasteiger partial charge on any atom is -0.351 e. The Kier molecular flexibility index (Phi) is 5.60. The minimum absolute atomic E-state index is 0.0774. The molecule has 1 unspecified atom stereocenters. The topological polar surface area (TPSA) is 84.5 Å². The Morgan fingerprint density at radius 2 is 1.96 bits per heavy atom. The van der Waals surface area contributed by atoms with E-state index in [1.165, 1.54) is 0 Å². The van der Waals surface area contributed by atoms with Crippen LogP contribution in [-0.4, -0.2) is 57.5 Å². The standard InChI is InChI=1S/C18H29N5O2/c1-14-20-7-12-21(14)9-4-15-5-10-22(11-6-15)17(24)16-3-2-8-23(13-16)18(19)25/h7,12,15-16H,2-6,8-11,13H2,1H3,(H2,19,25). The molecule has 2 fully saturated rings. The Bertz CT molecular complexity index is 606. The Morgan fingerprint density at radius 1 is 1.20 bits per heavy atom. The molecule has 0 bridgehead atoms. The van der Waals surface area contributed by atoms with Crippen LogP contribution in [0.1, 0.15) is 37.9 Å². The van der Waals surface area contributed by atoms with Crippen LogP contribution in [0.15, 0.2) is 12.4 Å². The van der Waals surface area contributed by atoms with Gasteiger partial charge in [-0.2, -0.15) is 0 Å². The van der Waals surface area contributed by atoms with E-state index in [1.54, 1.807) is 4.90 Å². The van der Waals surface area contributed by atoms with Crippen molar-refractivity contribution in [3.63, 3.8) is 0 Å². The molecule has 1 aromatic rings. The van der Waals surface area contributed by atoms with Crippen LogP contribution in [0.5, 0.6) is 0 Å². The lowest BCUT2D eigenvalue weighted by Gasteiger charge is -2.37. The monoisotopic (exact) mass is 347 g/mol. The maximum Gasteiger partial charge on any atom is 0.314 e. The van der Waals surface area contributed by atoms with E-state index in [1.807, 2.05) is 24.2 Å². The fourth-order valence-electron chi connectivity index (χ4n) is 4.04. The maximum absolute atomic E-state index is 12.8. The molecule has 2 aliphatic rings. The Hall–Kier alpha value is -2.05. The number of nitrogens with two attached hydrogens (primary N) is 1. The SMILES string of the molecule is Cc1nccn1CCC1CCN(C(=O)C2CCCN(C(N)=O)C2)CC1. The largest absolute Gasteiger partial charge is 0.351 e. The zero-order valence-corrected chi connectivity index (χ0v) is 15.1. The number of likely N-dealkylation sites (tertiary alicyclic amines) is 2. The number of carbonyl (C=O) groups is 2. The molecule has 2 aliphatic heterocycles. The number of piperidine rings is 2. The number of hydrogen-bond donors (Lipinski definition) is 1. The van der Waals surface area contributed by atoms with Crippen LogP contribution in [0.2, 0.25) is 0 Å². The molecule has 3 rings (SSSR count). The lowest BCUT2D eigenvalue weighted by molar-refractivity contribution is -0.138. The van der Waals surface area contributed by atoms with Gasteiger partial charge in [0.05, 0.1) is 5.92 Å². The van der Waals surface area contributed by atoms with Gasteiger partial charge < -0.3 is 20.1 Å². The molecule has 2 saturated heterocycles. The van der Waals surface area contributed by atoms with E-state index in [0.29, 0.717) is 19.0 Å². The fourth-order valence-corrected chi connectivity index (χ4v) is 4.04. The smallest absolute Gasteiger partial charge is 0.314 e. The average Bonchev–Trinajstić information content (AvgIpc) is 3.05. The van der Waals surface area contributed by atoms with Gasteiger partial charge in [-0.25, -0.2) is 9.78 Å². The molecule has 7 nitrogen and oxygen atoms in total. The predicted octanol–water partition coefficient (Wildman–Crippen LogP) is 1.61. The highest BCUT2D eigenvalue weighted by Gasteiger charge is 2.32. The second kappa shape index (κ2) is 7.89. The first kappa shape index (κ1) is 17.8. The second-order valence-corrected chi connectivity index (χ2v) is 7.35. The number of primary amides is 1. The summed E-state index contributed by atoms with van der Waals surface area (Å²) in [5.74, 6) is 1.85. The molecular formula is C18H29N5O2. The third kappa shape index (κ3) is 4.32. The third-order valence-corrected chi connectivity index (χ3v) is 5.71. The van der Waals surface area contributed by atoms with Crippen LogP contribution in [0.4, 0.5) is 4.79 Å². The third-order valence-electron chi connectivity index (χ3n) is 5.71. The summed E-state index contributed by atoms with van der Waals surface area (Å²) in [6.07, 6.45) is 8.86. The van der Waals surface area contributed by atoms with E-state index >= 15 is 0 Å². The average molecular weight is 347 g/mol. The second-order valence-electron chi connectivity index (χ2n) is 7.35. The number of aromatic nitrogens is 2. The molecule has 3 heterocycles. The van der Waals surface area contributed by atoms with Crippen molar-refractivity contribution < 1.29 is 9.59 Å². The molecule has 0 radical (unpaired) electrons. The summed E-state index contributed by atoms with van der Waals surface area (Å²) in [5, 5.41) is 0. The van der Waals surface area contributed by atoms with Crippen molar-refractivity contribution in [2.45, 2.75) is 45.6 Å². The summed E-state index contributed by atoms with van der Waals surface area (Å²) >= 11 is 0. The van der Waals surface area contributed by atoms with Crippen LogP contribution in [-0.2, 0) is 11.3 Å². The summed E-state index contributed by atoms with van der Waals surface area (Å²) in [6.45, 7) is 5.85. The van der Waals surface area contributed by atoms with Crippen molar-refractivity contribution >= 4 is 11.9 Å². The van der Waals surface area contributed by atoms with Crippen LogP contribution < -0.4 is 5.73 Å². The first-order chi connectivity index (χ1) is 12.0. The molecule has 0 aromatic carbocycles. The van der Waals surface area contributed by atoms with Gasteiger partial charge in [0.2, 0.25) is 5.91 Å². The lowest BCUT2D eigenvalue weighted by atomic mass is 9.91. The number of amides is 3. The van der Waals surface area contributed by atoms with Crippen molar-refractivity contribution in [3.8, 4) is 0 Å². The van der Waals surface area contributed by atoms with Gasteiger partial charge >= 0.3 is 6.03 Å². The molecule has 1 aromatic heterocycles. The van der Waals surface area contributed by atoms with Gasteiger partial charge in [0.15, 0.2) is 0 Å². The highest BCUT2D eigenvalue weighted by Crippen LogP contribution is 2.25. The minimum atomic E-state index is -0.411. The summed E-state index contributed by atoms with van der Waals surface area (Å²) in [7, 11) is 0. The van der Waals surface area contributed by atoms with E-state index < -0.39 is 6.03 Å². The van der Waals surface area contributed by atoms with Crippen molar-refractivity contribution in [3.05, 3.63) is 18.2 Å². The Morgan fingerprint density at radius 3 is 2.60 bits per heavy atom. The number of nitrogens with zero attached hydrogens (tertiary/aromatic N) is 4. The number of aryl methyl sites for hydroxylation is 2. The van der Waals surface area contributed by atoms with Gasteiger partial charge in [-0.15, -0.1) is 0 Å². The van der Waals surface area contributed by atoms with Crippen LogP contribution >= 0.6 is 0 Å². The highest BCUT2D eigenvalue weighted by atomic mass is 16.2. The zero-order chi connectivity index (χ0) is 17.8. The number of hydrogen-bond acceptors (Lipinski definition) is 3. The first-order valence-electron chi connectivity index (χ1n) is 9.35. The normalized spacial score (nSPS) is 22.2. The summed E-state index contributed by atoms with van der Waals surface area (Å²) < 4.78 is 2.19. The summed E-state index contributed by atoms with van der Waals surface area (Å²) in [5.41, 5.74) is 5.37. The lowest BCUT2D eigenvalue weighted by Crippen LogP contribution is -2.49. The van der Waals surface area contributed by atoms with Crippen molar-refractivity contribution in [2.24, 2.45) is 17.6 Å². The number of urea groups is 1. The molecule has 2 N–H and O–H groups in total. The fraction of sp³-hybridized carbons (Fsp3) is 0.722. The van der Waals surface area contributed by atoms with Gasteiger partial charge in [-0.3, -0.25) is 4.79 Å². The van der Waals surface area contributed by atoms with Gasteiger partial charge in [0.1, 0.15) is 5.82 Å². The van der Waals surface area contributed by atoms with E-state index in [4.69, 9.17) is 5.73 Å². The number of carbonyl (C=O) groups excluding carboxylic acids is 2. The van der Waals surface area contributed by atoms with Gasteiger partial charge in [0, 0.05) is 45.1 Å². The van der Waals surface area contributed by atoms with Gasteiger partial charge in [-0.1, -0.05) is 0 Å². The molecule has 0 spiro atoms. The molecule has 0 aliphatic carbocycles. The van der Waals surface area contributed by atoms with Gasteiger partial charge in [0.25, 0.3) is 0 Å². The molecule has 1 atom stereocenters. The van der Waals surface area contributed by atoms with Crippen molar-refractivity contribution in [1.82, 2.24) is 19.4 Å². The quantitative estimate of drug-likeness (QED) is 0.898. The first-order valence-corrected chi connectivity index (χ1v) is 9.35. The van der Waals surface area contributed by atoms with Crippen LogP contribution in [0, 0.1) is 18.8 Å². The summed E-state index contributed by atoms with van der Waals surface area (Å²) in [6, 6.07) is -0.411. The predicted molar refractivity (Wildman–Crippen MR) is 94.8 cm³/mol. The highest BCUT2D eigenvalue weighted by molar-refractivity contribution is 5.80. The van der Waals surface area contributed by atoms with E-state index in [2.05, 4.69) is 9.55 Å². The van der Waals surface area contributed by atoms with Crippen molar-refractivity contribution in [1.29, 1.82) is 0 Å². The van der Waals surface area contributed by atoms with E-state index in [-0.39, 0.29) is 11.8 Å². The molecule has 7 heteroatoms. The Balaban J connectivity index is 1.44. The molecule has 25 heavy (non-hydrogen) atoms. The number of imidazole rings is 1. The Labute approximate surface area is 149 Å². The summed E-state index contributed by atoms with van der Waals surface area (Å²) in [4.78, 5) is 32.0. The molecular weight excluding hydrogens is 318 g/mol. The molecule has 3 amide bonds. The van der Waals surface area contributed by atoms with Crippen LogP contribution in [0.3, 0.4) is 0 Å². The zero-order valence-electron chi connectivity index (χ0n) is 15.1. The molecule has 138 valence electrons. The van der Waals surface area contributed by atoms with Crippen molar-refractivity contribution in [2.75, 3.05) is 26.2 Å². The van der Waals surface area contributed by atoms with Crippen LogP contribution in [0.25, 0.3) is 0 Å². The van der Waals surface area contributed by atoms with E-state index in [0.717, 1.165) is 57.6 Å². The van der Waals surface area contributed by atoms with Gasteiger partial charge in [-0.05, 0) is 44.9 Å².